The van der Waals surface area contributed by atoms with Crippen LogP contribution in [-0.2, 0) is 0 Å². The molecule has 1 aliphatic rings. The van der Waals surface area contributed by atoms with Crippen molar-refractivity contribution in [3.63, 3.8) is 0 Å². The predicted octanol–water partition coefficient (Wildman–Crippen LogP) is 15.1. The van der Waals surface area contributed by atoms with E-state index < -0.39 is 36.3 Å². The summed E-state index contributed by atoms with van der Waals surface area (Å²) < 4.78 is 0. The average Bonchev–Trinajstić information content (AvgIpc) is 3.51. The Morgan fingerprint density at radius 3 is 0.513 bits per heavy atom. The summed E-state index contributed by atoms with van der Waals surface area (Å²) in [6.45, 7) is 5.95. The summed E-state index contributed by atoms with van der Waals surface area (Å²) >= 11 is 0. The number of hydrogen-bond donors (Lipinski definition) is 3. The van der Waals surface area contributed by atoms with Crippen LogP contribution in [0, 0.1) is 20.8 Å². The average molecular weight is 1020 g/mol. The molecule has 3 N–H and O–H groups in total. The molecule has 9 heteroatoms. The standard InChI is InChI=1S/C69H60N6O3/c1-46-34-55-40-70-61(49-22-10-4-11-23-49)63(51-26-14-6-15-27-51)72-42-57-36-47(2)38-59(68(57)77)44-74-65(53-30-18-8-19-31-53)66(54-32-20-9-21-33-54)75-45-60-39-48(3)37-58(69(60)78)43-73-64(52-28-16-7-17-29-52)62(50-24-12-5-13-25-50)71-41-56(35-46)67(55)76/h4-45,61-66,76-78H,1-3H3/t61-,62-,63?,64?,65-,66-/m1/s1. The number of fused-ring (bicyclic) bond motifs is 6. The van der Waals surface area contributed by atoms with Gasteiger partial charge in [-0.05, 0) is 107 Å². The van der Waals surface area contributed by atoms with Gasteiger partial charge < -0.3 is 15.3 Å². The number of phenolic OH excluding ortho intramolecular Hbond substituents is 3. The molecule has 0 amide bonds. The normalized spacial score (nSPS) is 18.8. The zero-order valence-electron chi connectivity index (χ0n) is 43.7. The molecule has 10 rings (SSSR count). The molecule has 78 heavy (non-hydrogen) atoms. The zero-order chi connectivity index (χ0) is 53.8. The number of benzene rings is 9. The van der Waals surface area contributed by atoms with E-state index in [1.54, 1.807) is 37.3 Å². The summed E-state index contributed by atoms with van der Waals surface area (Å²) in [6, 6.07) is 68.1. The molecule has 9 aromatic carbocycles. The van der Waals surface area contributed by atoms with Crippen molar-refractivity contribution in [3.8, 4) is 17.2 Å². The van der Waals surface area contributed by atoms with Crippen LogP contribution in [-0.4, -0.2) is 52.6 Å². The Bertz CT molecular complexity index is 3040. The van der Waals surface area contributed by atoms with Gasteiger partial charge in [0.25, 0.3) is 0 Å². The maximum Gasteiger partial charge on any atom is 0.133 e. The van der Waals surface area contributed by atoms with Crippen molar-refractivity contribution >= 4 is 37.3 Å². The summed E-state index contributed by atoms with van der Waals surface area (Å²) in [5, 5.41) is 36.6. The van der Waals surface area contributed by atoms with E-state index in [1.165, 1.54) is 0 Å². The number of phenols is 3. The molecule has 0 saturated carbocycles. The zero-order valence-corrected chi connectivity index (χ0v) is 43.7. The van der Waals surface area contributed by atoms with Crippen LogP contribution in [0.2, 0.25) is 0 Å². The van der Waals surface area contributed by atoms with Crippen molar-refractivity contribution in [3.05, 3.63) is 302 Å². The number of aromatic hydroxyl groups is 3. The minimum atomic E-state index is -0.560. The Balaban J connectivity index is 1.20. The van der Waals surface area contributed by atoms with E-state index in [-0.39, 0.29) is 17.2 Å². The van der Waals surface area contributed by atoms with E-state index in [1.807, 2.05) is 239 Å². The minimum Gasteiger partial charge on any atom is -0.507 e. The van der Waals surface area contributed by atoms with Crippen LogP contribution in [0.3, 0.4) is 0 Å². The largest absolute Gasteiger partial charge is 0.507 e. The molecule has 9 nitrogen and oxygen atoms in total. The maximum absolute atomic E-state index is 12.2. The van der Waals surface area contributed by atoms with Gasteiger partial charge in [0.2, 0.25) is 0 Å². The van der Waals surface area contributed by atoms with E-state index in [0.29, 0.717) is 33.4 Å². The van der Waals surface area contributed by atoms with Crippen molar-refractivity contribution in [1.82, 2.24) is 0 Å². The van der Waals surface area contributed by atoms with Gasteiger partial charge in [-0.1, -0.05) is 182 Å². The molecule has 9 aromatic rings. The van der Waals surface area contributed by atoms with Crippen molar-refractivity contribution in [2.75, 3.05) is 0 Å². The lowest BCUT2D eigenvalue weighted by Crippen LogP contribution is -2.10. The molecule has 1 heterocycles. The summed E-state index contributed by atoms with van der Waals surface area (Å²) in [4.78, 5) is 31.7. The highest BCUT2D eigenvalue weighted by atomic mass is 16.3. The Hall–Kier alpha value is -9.60. The van der Waals surface area contributed by atoms with E-state index in [2.05, 4.69) is 0 Å². The smallest absolute Gasteiger partial charge is 0.133 e. The van der Waals surface area contributed by atoms with Gasteiger partial charge in [-0.25, -0.2) is 0 Å². The van der Waals surface area contributed by atoms with E-state index in [0.717, 1.165) is 50.1 Å². The monoisotopic (exact) mass is 1020 g/mol. The molecule has 2 unspecified atom stereocenters. The molecule has 0 fully saturated rings. The molecule has 0 radical (unpaired) electrons. The lowest BCUT2D eigenvalue weighted by molar-refractivity contribution is 0.472. The van der Waals surface area contributed by atoms with Gasteiger partial charge >= 0.3 is 0 Å². The molecule has 0 spiro atoms. The highest BCUT2D eigenvalue weighted by Gasteiger charge is 2.27. The second-order valence-corrected chi connectivity index (χ2v) is 19.7. The summed E-state index contributed by atoms with van der Waals surface area (Å²) in [5.74, 6) is 0.0566. The Morgan fingerprint density at radius 2 is 0.372 bits per heavy atom. The highest BCUT2D eigenvalue weighted by molar-refractivity contribution is 5.95. The molecular formula is C69H60N6O3. The molecule has 1 aliphatic heterocycles. The number of aliphatic imine (C=N–C) groups is 6. The number of aryl methyl sites for hydroxylation is 3. The van der Waals surface area contributed by atoms with Gasteiger partial charge in [-0.3, -0.25) is 30.0 Å². The fourth-order valence-electron chi connectivity index (χ4n) is 10.1. The third kappa shape index (κ3) is 12.2. The van der Waals surface area contributed by atoms with Crippen LogP contribution < -0.4 is 0 Å². The number of hydrogen-bond acceptors (Lipinski definition) is 9. The Labute approximate surface area is 456 Å². The van der Waals surface area contributed by atoms with Crippen molar-refractivity contribution in [2.45, 2.75) is 57.0 Å². The second-order valence-electron chi connectivity index (χ2n) is 19.7. The first-order valence-corrected chi connectivity index (χ1v) is 26.2. The number of rotatable bonds is 6. The summed E-state index contributed by atoms with van der Waals surface area (Å²) in [7, 11) is 0. The van der Waals surface area contributed by atoms with Crippen LogP contribution in [0.1, 0.15) is 120 Å². The second kappa shape index (κ2) is 24.4. The van der Waals surface area contributed by atoms with Gasteiger partial charge in [-0.15, -0.1) is 0 Å². The SMILES string of the molecule is Cc1cc2c(O)c(c1)C=N[C@H](c1ccccc1)C(c1ccccc1)N=Cc1cc(C)cc(c1O)C=N[C@H](c1ccccc1)[C@@H](c1ccccc1)N=Cc1cc(C)cc(c1O)C=NC(c1ccccc1)[C@@H](c1ccccc1)N=C2. The van der Waals surface area contributed by atoms with E-state index >= 15 is 0 Å². The quantitative estimate of drug-likeness (QED) is 0.153. The van der Waals surface area contributed by atoms with Crippen LogP contribution in [0.15, 0.2) is 248 Å². The van der Waals surface area contributed by atoms with Gasteiger partial charge in [0.1, 0.15) is 53.5 Å². The van der Waals surface area contributed by atoms with Gasteiger partial charge in [0.05, 0.1) is 0 Å². The summed E-state index contributed by atoms with van der Waals surface area (Å²) in [5.41, 5.74) is 11.2. The predicted molar refractivity (Wildman–Crippen MR) is 319 cm³/mol. The molecular weight excluding hydrogens is 961 g/mol. The van der Waals surface area contributed by atoms with Crippen molar-refractivity contribution in [1.29, 1.82) is 0 Å². The third-order valence-electron chi connectivity index (χ3n) is 13.9. The Kier molecular flexibility index (Phi) is 16.2. The van der Waals surface area contributed by atoms with Crippen LogP contribution in [0.5, 0.6) is 17.2 Å². The van der Waals surface area contributed by atoms with Crippen LogP contribution in [0.4, 0.5) is 0 Å². The van der Waals surface area contributed by atoms with Gasteiger partial charge in [-0.2, -0.15) is 0 Å². The summed E-state index contributed by atoms with van der Waals surface area (Å²) in [6.07, 6.45) is 10.3. The first kappa shape index (κ1) is 51.9. The minimum absolute atomic E-state index is 0.0189. The fourth-order valence-corrected chi connectivity index (χ4v) is 10.1. The van der Waals surface area contributed by atoms with E-state index in [9.17, 15) is 15.3 Å². The fraction of sp³-hybridized carbons (Fsp3) is 0.130. The highest BCUT2D eigenvalue weighted by Crippen LogP contribution is 2.40. The molecule has 384 valence electrons. The lowest BCUT2D eigenvalue weighted by atomic mass is 9.93. The van der Waals surface area contributed by atoms with Crippen molar-refractivity contribution in [2.24, 2.45) is 30.0 Å². The third-order valence-corrected chi connectivity index (χ3v) is 13.9. The van der Waals surface area contributed by atoms with Gasteiger partial charge in [0.15, 0.2) is 0 Å². The molecule has 0 aliphatic carbocycles. The molecule has 6 atom stereocenters. The molecule has 0 aromatic heterocycles. The first-order valence-electron chi connectivity index (χ1n) is 26.2. The van der Waals surface area contributed by atoms with Crippen LogP contribution in [0.25, 0.3) is 0 Å². The topological polar surface area (TPSA) is 135 Å². The molecule has 6 bridgehead atoms. The Morgan fingerprint density at radius 1 is 0.231 bits per heavy atom. The van der Waals surface area contributed by atoms with Gasteiger partial charge in [0, 0.05) is 70.7 Å². The first-order chi connectivity index (χ1) is 38.2. The van der Waals surface area contributed by atoms with Crippen molar-refractivity contribution < 1.29 is 15.3 Å². The van der Waals surface area contributed by atoms with E-state index in [4.69, 9.17) is 30.0 Å². The number of nitrogens with zero attached hydrogens (tertiary/aromatic N) is 6. The lowest BCUT2D eigenvalue weighted by Gasteiger charge is -2.22. The van der Waals surface area contributed by atoms with Crippen LogP contribution >= 0.6 is 0 Å². The molecule has 0 saturated heterocycles. The maximum atomic E-state index is 12.2.